The lowest BCUT2D eigenvalue weighted by atomic mass is 9.44. The summed E-state index contributed by atoms with van der Waals surface area (Å²) in [7, 11) is 2.10. The molecule has 0 aromatic rings. The van der Waals surface area contributed by atoms with Crippen LogP contribution in [0.15, 0.2) is 11.6 Å². The molecule has 2 saturated heterocycles. The average molecular weight is 484 g/mol. The van der Waals surface area contributed by atoms with Gasteiger partial charge in [0, 0.05) is 23.3 Å². The minimum absolute atomic E-state index is 0.153. The minimum atomic E-state index is -2.79. The molecule has 2 saturated carbocycles. The van der Waals surface area contributed by atoms with Crippen LogP contribution in [0.1, 0.15) is 20.3 Å². The maximum Gasteiger partial charge on any atom is 0.366 e. The lowest BCUT2D eigenvalue weighted by Crippen LogP contribution is -2.74. The van der Waals surface area contributed by atoms with Gasteiger partial charge in [-0.25, -0.2) is 9.59 Å². The van der Waals surface area contributed by atoms with Crippen LogP contribution in [0.2, 0.25) is 0 Å². The molecule has 0 aromatic heterocycles. The van der Waals surface area contributed by atoms with Crippen molar-refractivity contribution in [3.05, 3.63) is 11.6 Å². The number of ketones is 1. The molecular weight excluding hydrogens is 456 g/mol. The number of carbonyl (C=O) groups excluding carboxylic acids is 4. The van der Waals surface area contributed by atoms with E-state index in [1.807, 2.05) is 0 Å². The number of Topliss-reactive ketones (excluding diaryl/α,β-unsaturated/α-hetero) is 1. The first kappa shape index (κ1) is 24.7. The van der Waals surface area contributed by atoms with Crippen LogP contribution in [-0.4, -0.2) is 96.6 Å². The van der Waals surface area contributed by atoms with E-state index in [0.717, 1.165) is 14.2 Å². The van der Waals surface area contributed by atoms with E-state index in [0.29, 0.717) is 0 Å². The standard InChI is InChI=1S/C22H28O12/c1-5-9(2)17(26)34-14-12(25)13-15-20(8-33-22(29,16(14)20)19(28)31-4)10(23)6-11(24)21(15,7-32-13)18(27)30-3/h5,10-11,13-16,23-24,29H,6-8H2,1-4H3/b9-5+/t10-,11+,13-,14?,15+,16-,20-,21-,22-/m0/s1. The van der Waals surface area contributed by atoms with Crippen molar-refractivity contribution < 1.29 is 58.2 Å². The largest absolute Gasteiger partial charge is 0.468 e. The van der Waals surface area contributed by atoms with Crippen molar-refractivity contribution in [2.45, 2.75) is 50.5 Å². The van der Waals surface area contributed by atoms with Crippen molar-refractivity contribution in [1.29, 1.82) is 0 Å². The molecule has 4 rings (SSSR count). The molecule has 188 valence electrons. The number of aliphatic hydroxyl groups is 3. The summed E-state index contributed by atoms with van der Waals surface area (Å²) in [4.78, 5) is 52.0. The predicted octanol–water partition coefficient (Wildman–Crippen LogP) is -1.76. The monoisotopic (exact) mass is 484 g/mol. The Kier molecular flexibility index (Phi) is 5.89. The van der Waals surface area contributed by atoms with Crippen molar-refractivity contribution in [3.63, 3.8) is 0 Å². The number of allylic oxidation sites excluding steroid dienone is 1. The van der Waals surface area contributed by atoms with Gasteiger partial charge in [-0.3, -0.25) is 9.59 Å². The van der Waals surface area contributed by atoms with E-state index in [-0.39, 0.29) is 12.0 Å². The van der Waals surface area contributed by atoms with Crippen molar-refractivity contribution in [3.8, 4) is 0 Å². The number of hydrogen-bond donors (Lipinski definition) is 3. The molecule has 0 bridgehead atoms. The molecule has 12 heteroatoms. The highest BCUT2D eigenvalue weighted by molar-refractivity contribution is 5.97. The van der Waals surface area contributed by atoms with Crippen molar-refractivity contribution in [1.82, 2.24) is 0 Å². The highest BCUT2D eigenvalue weighted by atomic mass is 16.7. The molecule has 1 spiro atoms. The van der Waals surface area contributed by atoms with Gasteiger partial charge in [-0.05, 0) is 13.8 Å². The summed E-state index contributed by atoms with van der Waals surface area (Å²) in [6, 6.07) is 0. The van der Waals surface area contributed by atoms with E-state index in [1.54, 1.807) is 6.92 Å². The highest BCUT2D eigenvalue weighted by Crippen LogP contribution is 2.68. The molecule has 4 fully saturated rings. The topological polar surface area (TPSA) is 175 Å². The van der Waals surface area contributed by atoms with E-state index < -0.39 is 89.8 Å². The summed E-state index contributed by atoms with van der Waals surface area (Å²) < 4.78 is 26.3. The predicted molar refractivity (Wildman–Crippen MR) is 107 cm³/mol. The Labute approximate surface area is 194 Å². The van der Waals surface area contributed by atoms with Gasteiger partial charge in [-0.2, -0.15) is 0 Å². The number of ether oxygens (including phenoxy) is 5. The Morgan fingerprint density at radius 3 is 2.29 bits per heavy atom. The number of rotatable bonds is 4. The summed E-state index contributed by atoms with van der Waals surface area (Å²) in [5.74, 6) is -9.59. The van der Waals surface area contributed by atoms with Crippen LogP contribution in [0.5, 0.6) is 0 Å². The van der Waals surface area contributed by atoms with Gasteiger partial charge in [0.15, 0.2) is 6.10 Å². The van der Waals surface area contributed by atoms with Crippen LogP contribution >= 0.6 is 0 Å². The van der Waals surface area contributed by atoms with Gasteiger partial charge in [0.05, 0.1) is 45.6 Å². The molecule has 4 aliphatic rings. The zero-order valence-corrected chi connectivity index (χ0v) is 19.2. The van der Waals surface area contributed by atoms with Crippen LogP contribution in [0, 0.1) is 22.7 Å². The molecule has 2 heterocycles. The molecule has 9 atom stereocenters. The van der Waals surface area contributed by atoms with Crippen LogP contribution in [-0.2, 0) is 42.9 Å². The summed E-state index contributed by atoms with van der Waals surface area (Å²) in [6.07, 6.45) is -5.05. The third-order valence-electron chi connectivity index (χ3n) is 8.04. The fourth-order valence-corrected chi connectivity index (χ4v) is 6.32. The van der Waals surface area contributed by atoms with Crippen molar-refractivity contribution >= 4 is 23.7 Å². The Hall–Kier alpha value is -2.38. The minimum Gasteiger partial charge on any atom is -0.468 e. The zero-order valence-electron chi connectivity index (χ0n) is 19.2. The Morgan fingerprint density at radius 1 is 1.06 bits per heavy atom. The molecule has 3 N–H and O–H groups in total. The molecule has 0 radical (unpaired) electrons. The molecule has 2 aliphatic heterocycles. The number of aliphatic hydroxyl groups excluding tert-OH is 2. The van der Waals surface area contributed by atoms with Crippen molar-refractivity contribution in [2.75, 3.05) is 27.4 Å². The Balaban J connectivity index is 1.95. The van der Waals surface area contributed by atoms with E-state index in [4.69, 9.17) is 23.7 Å². The van der Waals surface area contributed by atoms with Crippen molar-refractivity contribution in [2.24, 2.45) is 22.7 Å². The van der Waals surface area contributed by atoms with Crippen LogP contribution in [0.25, 0.3) is 0 Å². The number of esters is 3. The van der Waals surface area contributed by atoms with Gasteiger partial charge in [0.2, 0.25) is 5.78 Å². The molecule has 0 amide bonds. The molecule has 2 aliphatic carbocycles. The SMILES string of the molecule is C/C=C(\C)C(=O)OC1C(=O)[C@@H]2OC[C@]3(C(=O)OC)[C@H](O)C[C@H](O)[C@@]4(CO[C@](O)(C(=O)OC)[C@@H]14)[C@@H]23. The van der Waals surface area contributed by atoms with Gasteiger partial charge in [-0.15, -0.1) is 0 Å². The van der Waals surface area contributed by atoms with Gasteiger partial charge in [-0.1, -0.05) is 6.08 Å². The molecule has 34 heavy (non-hydrogen) atoms. The van der Waals surface area contributed by atoms with Gasteiger partial charge >= 0.3 is 17.9 Å². The lowest BCUT2D eigenvalue weighted by Gasteiger charge is -2.58. The second-order valence-corrected chi connectivity index (χ2v) is 9.28. The normalized spacial score (nSPS) is 45.3. The summed E-state index contributed by atoms with van der Waals surface area (Å²) in [5, 5.41) is 33.6. The fourth-order valence-electron chi connectivity index (χ4n) is 6.32. The Morgan fingerprint density at radius 2 is 1.71 bits per heavy atom. The highest BCUT2D eigenvalue weighted by Gasteiger charge is 2.83. The van der Waals surface area contributed by atoms with E-state index in [2.05, 4.69) is 0 Å². The molecule has 12 nitrogen and oxygen atoms in total. The zero-order chi connectivity index (χ0) is 25.2. The maximum atomic E-state index is 13.6. The van der Waals surface area contributed by atoms with Crippen LogP contribution in [0.3, 0.4) is 0 Å². The number of methoxy groups -OCH3 is 2. The first-order valence-electron chi connectivity index (χ1n) is 10.9. The van der Waals surface area contributed by atoms with E-state index in [9.17, 15) is 34.5 Å². The van der Waals surface area contributed by atoms with Crippen LogP contribution in [0.4, 0.5) is 0 Å². The van der Waals surface area contributed by atoms with E-state index in [1.165, 1.54) is 13.0 Å². The number of carbonyl (C=O) groups is 4. The molecular formula is C22H28O12. The maximum absolute atomic E-state index is 13.6. The number of hydrogen-bond acceptors (Lipinski definition) is 12. The Bertz CT molecular complexity index is 960. The lowest BCUT2D eigenvalue weighted by molar-refractivity contribution is -0.250. The third-order valence-corrected chi connectivity index (χ3v) is 8.04. The fraction of sp³-hybridized carbons (Fsp3) is 0.727. The molecule has 0 aromatic carbocycles. The van der Waals surface area contributed by atoms with Gasteiger partial charge in [0.25, 0.3) is 5.79 Å². The van der Waals surface area contributed by atoms with Crippen LogP contribution < -0.4 is 0 Å². The van der Waals surface area contributed by atoms with Gasteiger partial charge in [0.1, 0.15) is 11.5 Å². The van der Waals surface area contributed by atoms with Gasteiger partial charge < -0.3 is 39.0 Å². The second-order valence-electron chi connectivity index (χ2n) is 9.28. The first-order chi connectivity index (χ1) is 16.0. The summed E-state index contributed by atoms with van der Waals surface area (Å²) in [6.45, 7) is 2.10. The summed E-state index contributed by atoms with van der Waals surface area (Å²) >= 11 is 0. The second kappa shape index (κ2) is 8.09. The first-order valence-corrected chi connectivity index (χ1v) is 10.9. The quantitative estimate of drug-likeness (QED) is 0.233. The molecule has 1 unspecified atom stereocenters. The smallest absolute Gasteiger partial charge is 0.366 e. The average Bonchev–Trinajstić information content (AvgIpc) is 3.38. The summed E-state index contributed by atoms with van der Waals surface area (Å²) in [5.41, 5.74) is -3.34. The third kappa shape index (κ3) is 2.83. The van der Waals surface area contributed by atoms with E-state index >= 15 is 0 Å².